The normalized spacial score (nSPS) is 22.2. The molecule has 1 N–H and O–H groups in total. The Morgan fingerprint density at radius 1 is 1.50 bits per heavy atom. The molecule has 0 aromatic heterocycles. The number of hydrogen-bond acceptors (Lipinski definition) is 2. The Morgan fingerprint density at radius 2 is 2.20 bits per heavy atom. The van der Waals surface area contributed by atoms with Gasteiger partial charge in [-0.3, -0.25) is 0 Å². The predicted molar refractivity (Wildman–Crippen MR) is 48.6 cm³/mol. The average Bonchev–Trinajstić information content (AvgIpc) is 1.87. The Morgan fingerprint density at radius 3 is 2.50 bits per heavy atom. The van der Waals surface area contributed by atoms with Gasteiger partial charge in [0.1, 0.15) is 0 Å². The van der Waals surface area contributed by atoms with Crippen LogP contribution in [0.1, 0.15) is 19.8 Å². The second-order valence-electron chi connectivity index (χ2n) is 3.20. The highest BCUT2D eigenvalue weighted by Gasteiger charge is 2.33. The van der Waals surface area contributed by atoms with Crippen molar-refractivity contribution >= 4 is 11.8 Å². The Labute approximate surface area is 68.0 Å². The molecule has 0 radical (unpaired) electrons. The lowest BCUT2D eigenvalue weighted by molar-refractivity contribution is 0.156. The molecule has 10 heavy (non-hydrogen) atoms. The van der Waals surface area contributed by atoms with Crippen molar-refractivity contribution < 1.29 is 0 Å². The first-order valence-corrected chi connectivity index (χ1v) is 5.42. The summed E-state index contributed by atoms with van der Waals surface area (Å²) in [7, 11) is 0. The fourth-order valence-electron chi connectivity index (χ4n) is 1.40. The fourth-order valence-corrected chi connectivity index (χ4v) is 2.04. The van der Waals surface area contributed by atoms with Gasteiger partial charge in [-0.25, -0.2) is 0 Å². The molecule has 1 nitrogen and oxygen atoms in total. The van der Waals surface area contributed by atoms with Crippen molar-refractivity contribution in [3.63, 3.8) is 0 Å². The largest absolute Gasteiger partial charge is 0.316 e. The summed E-state index contributed by atoms with van der Waals surface area (Å²) in [5.41, 5.74) is 0.684. The molecule has 60 valence electrons. The molecule has 0 aliphatic carbocycles. The van der Waals surface area contributed by atoms with Crippen LogP contribution < -0.4 is 5.32 Å². The van der Waals surface area contributed by atoms with E-state index in [1.54, 1.807) is 0 Å². The first-order chi connectivity index (χ1) is 4.83. The van der Waals surface area contributed by atoms with Gasteiger partial charge in [0.2, 0.25) is 0 Å². The summed E-state index contributed by atoms with van der Waals surface area (Å²) in [6.45, 7) is 4.81. The Bertz CT molecular complexity index is 93.9. The molecular formula is C8H17NS. The lowest BCUT2D eigenvalue weighted by Gasteiger charge is -2.42. The summed E-state index contributed by atoms with van der Waals surface area (Å²) in [4.78, 5) is 0. The summed E-state index contributed by atoms with van der Waals surface area (Å²) >= 11 is 1.97. The molecule has 0 atom stereocenters. The highest BCUT2D eigenvalue weighted by molar-refractivity contribution is 7.98. The second kappa shape index (κ2) is 3.63. The summed E-state index contributed by atoms with van der Waals surface area (Å²) in [5, 5.41) is 3.35. The van der Waals surface area contributed by atoms with E-state index in [2.05, 4.69) is 18.5 Å². The van der Waals surface area contributed by atoms with Crippen LogP contribution in [0.4, 0.5) is 0 Å². The zero-order chi connectivity index (χ0) is 7.45. The predicted octanol–water partition coefficient (Wildman–Crippen LogP) is 1.74. The van der Waals surface area contributed by atoms with E-state index in [1.165, 1.54) is 31.7 Å². The van der Waals surface area contributed by atoms with Gasteiger partial charge in [-0.05, 0) is 30.3 Å². The van der Waals surface area contributed by atoms with Gasteiger partial charge in [0.25, 0.3) is 0 Å². The van der Waals surface area contributed by atoms with Crippen molar-refractivity contribution in [2.45, 2.75) is 19.8 Å². The van der Waals surface area contributed by atoms with Crippen molar-refractivity contribution in [3.8, 4) is 0 Å². The van der Waals surface area contributed by atoms with Crippen LogP contribution in [0.25, 0.3) is 0 Å². The maximum Gasteiger partial charge on any atom is 0.00204 e. The summed E-state index contributed by atoms with van der Waals surface area (Å²) in [5.74, 6) is 1.33. The minimum Gasteiger partial charge on any atom is -0.316 e. The van der Waals surface area contributed by atoms with Gasteiger partial charge in [-0.15, -0.1) is 0 Å². The van der Waals surface area contributed by atoms with E-state index in [0.717, 1.165) is 0 Å². The van der Waals surface area contributed by atoms with Gasteiger partial charge >= 0.3 is 0 Å². The third-order valence-electron chi connectivity index (χ3n) is 2.59. The van der Waals surface area contributed by atoms with Crippen molar-refractivity contribution in [2.24, 2.45) is 5.41 Å². The minimum atomic E-state index is 0.684. The third kappa shape index (κ3) is 1.67. The standard InChI is InChI=1S/C8H17NS/c1-3-8(4-5-10-2)6-9-7-8/h9H,3-7H2,1-2H3. The molecule has 1 saturated heterocycles. The lowest BCUT2D eigenvalue weighted by Crippen LogP contribution is -2.53. The van der Waals surface area contributed by atoms with Crippen LogP contribution in [-0.4, -0.2) is 25.1 Å². The topological polar surface area (TPSA) is 12.0 Å². The molecule has 0 aromatic carbocycles. The van der Waals surface area contributed by atoms with E-state index in [9.17, 15) is 0 Å². The highest BCUT2D eigenvalue weighted by atomic mass is 32.2. The molecule has 0 bridgehead atoms. The maximum atomic E-state index is 3.35. The number of nitrogens with one attached hydrogen (secondary N) is 1. The zero-order valence-electron chi connectivity index (χ0n) is 6.94. The first kappa shape index (κ1) is 8.41. The molecule has 1 aliphatic heterocycles. The van der Waals surface area contributed by atoms with Crippen molar-refractivity contribution in [1.82, 2.24) is 5.32 Å². The van der Waals surface area contributed by atoms with E-state index in [-0.39, 0.29) is 0 Å². The van der Waals surface area contributed by atoms with Crippen LogP contribution in [0.5, 0.6) is 0 Å². The Kier molecular flexibility index (Phi) is 3.05. The number of hydrogen-bond donors (Lipinski definition) is 1. The highest BCUT2D eigenvalue weighted by Crippen LogP contribution is 2.31. The molecule has 1 fully saturated rings. The lowest BCUT2D eigenvalue weighted by atomic mass is 9.77. The fraction of sp³-hybridized carbons (Fsp3) is 1.00. The Balaban J connectivity index is 2.20. The molecule has 1 heterocycles. The van der Waals surface area contributed by atoms with E-state index in [4.69, 9.17) is 0 Å². The summed E-state index contributed by atoms with van der Waals surface area (Å²) in [6.07, 6.45) is 4.94. The van der Waals surface area contributed by atoms with Crippen LogP contribution >= 0.6 is 11.8 Å². The molecule has 0 aromatic rings. The van der Waals surface area contributed by atoms with Crippen LogP contribution in [0.15, 0.2) is 0 Å². The van der Waals surface area contributed by atoms with Gasteiger partial charge in [-0.1, -0.05) is 6.92 Å². The number of rotatable bonds is 4. The molecule has 1 aliphatic rings. The van der Waals surface area contributed by atoms with Gasteiger partial charge < -0.3 is 5.32 Å². The Hall–Kier alpha value is 0.310. The quantitative estimate of drug-likeness (QED) is 0.670. The zero-order valence-corrected chi connectivity index (χ0v) is 7.76. The van der Waals surface area contributed by atoms with E-state index < -0.39 is 0 Å². The van der Waals surface area contributed by atoms with E-state index in [1.807, 2.05) is 11.8 Å². The molecule has 0 saturated carbocycles. The molecule has 2 heteroatoms. The maximum absolute atomic E-state index is 3.35. The third-order valence-corrected chi connectivity index (χ3v) is 3.20. The van der Waals surface area contributed by atoms with Crippen LogP contribution in [0.2, 0.25) is 0 Å². The molecule has 0 amide bonds. The smallest absolute Gasteiger partial charge is 0.00204 e. The molecule has 0 spiro atoms. The first-order valence-electron chi connectivity index (χ1n) is 4.03. The SMILES string of the molecule is CCC1(CCSC)CNC1. The minimum absolute atomic E-state index is 0.684. The van der Waals surface area contributed by atoms with Crippen molar-refractivity contribution in [1.29, 1.82) is 0 Å². The molecule has 1 rings (SSSR count). The number of thioether (sulfide) groups is 1. The van der Waals surface area contributed by atoms with E-state index in [0.29, 0.717) is 5.41 Å². The van der Waals surface area contributed by atoms with Crippen molar-refractivity contribution in [2.75, 3.05) is 25.1 Å². The summed E-state index contributed by atoms with van der Waals surface area (Å²) < 4.78 is 0. The molecule has 0 unspecified atom stereocenters. The van der Waals surface area contributed by atoms with Gasteiger partial charge in [0.15, 0.2) is 0 Å². The average molecular weight is 159 g/mol. The monoisotopic (exact) mass is 159 g/mol. The summed E-state index contributed by atoms with van der Waals surface area (Å²) in [6, 6.07) is 0. The van der Waals surface area contributed by atoms with Crippen molar-refractivity contribution in [3.05, 3.63) is 0 Å². The van der Waals surface area contributed by atoms with Gasteiger partial charge in [0.05, 0.1) is 0 Å². The molecular weight excluding hydrogens is 142 g/mol. The van der Waals surface area contributed by atoms with Gasteiger partial charge in [0, 0.05) is 13.1 Å². The van der Waals surface area contributed by atoms with Crippen LogP contribution in [0.3, 0.4) is 0 Å². The van der Waals surface area contributed by atoms with Crippen LogP contribution in [-0.2, 0) is 0 Å². The second-order valence-corrected chi connectivity index (χ2v) is 4.19. The van der Waals surface area contributed by atoms with E-state index >= 15 is 0 Å². The van der Waals surface area contributed by atoms with Gasteiger partial charge in [-0.2, -0.15) is 11.8 Å². The van der Waals surface area contributed by atoms with Crippen LogP contribution in [0, 0.1) is 5.41 Å².